The van der Waals surface area contributed by atoms with Crippen LogP contribution in [0, 0.1) is 0 Å². The molecule has 3 aromatic rings. The lowest BCUT2D eigenvalue weighted by molar-refractivity contribution is -0.671. The third-order valence-electron chi connectivity index (χ3n) is 3.96. The Morgan fingerprint density at radius 3 is 2.46 bits per heavy atom. The molecule has 0 saturated heterocycles. The molecule has 4 heteroatoms. The largest absolute Gasteiger partial charge is 1.00 e. The number of rotatable bonds is 1. The topological polar surface area (TPSA) is 13.1 Å². The van der Waals surface area contributed by atoms with Gasteiger partial charge in [-0.05, 0) is 41.5 Å². The monoisotopic (exact) mass is 491 g/mol. The highest BCUT2D eigenvalue weighted by Gasteiger charge is 2.18. The van der Waals surface area contributed by atoms with Gasteiger partial charge in [0.25, 0.3) is 0 Å². The van der Waals surface area contributed by atoms with Crippen LogP contribution in [0.4, 0.5) is 0 Å². The van der Waals surface area contributed by atoms with Crippen molar-refractivity contribution in [2.75, 3.05) is 0 Å². The van der Waals surface area contributed by atoms with Crippen LogP contribution in [0.2, 0.25) is 0 Å². The molecule has 0 amide bonds. The first kappa shape index (κ1) is 17.2. The Labute approximate surface area is 166 Å². The first-order chi connectivity index (χ1) is 11.2. The van der Waals surface area contributed by atoms with E-state index in [2.05, 4.69) is 58.7 Å². The summed E-state index contributed by atoms with van der Waals surface area (Å²) in [5.74, 6) is 1.75. The molecule has 1 aliphatic heterocycles. The number of halogens is 2. The smallest absolute Gasteiger partial charge is 0.169 e. The number of hydrogen-bond acceptors (Lipinski definition) is 1. The molecule has 0 spiro atoms. The van der Waals surface area contributed by atoms with Crippen molar-refractivity contribution in [3.8, 4) is 11.5 Å². The van der Waals surface area contributed by atoms with Crippen LogP contribution in [0.25, 0.3) is 11.6 Å². The molecule has 0 N–H and O–H groups in total. The number of pyridine rings is 1. The number of benzene rings is 2. The lowest BCUT2D eigenvalue weighted by Gasteiger charge is -2.11. The van der Waals surface area contributed by atoms with Crippen LogP contribution in [0.5, 0.6) is 11.5 Å². The van der Waals surface area contributed by atoms with E-state index in [0.29, 0.717) is 0 Å². The normalized spacial score (nSPS) is 12.0. The fraction of sp³-hybridized carbons (Fsp3) is 0.0500. The zero-order chi connectivity index (χ0) is 15.8. The summed E-state index contributed by atoms with van der Waals surface area (Å²) in [5, 5.41) is 0. The van der Waals surface area contributed by atoms with Crippen molar-refractivity contribution in [3.63, 3.8) is 0 Å². The average molecular weight is 492 g/mol. The minimum absolute atomic E-state index is 0. The Morgan fingerprint density at radius 1 is 0.917 bits per heavy atom. The van der Waals surface area contributed by atoms with Gasteiger partial charge in [-0.15, -0.1) is 0 Å². The molecule has 2 heterocycles. The fourth-order valence-electron chi connectivity index (χ4n) is 2.77. The Morgan fingerprint density at radius 2 is 1.67 bits per heavy atom. The minimum atomic E-state index is 0. The van der Waals surface area contributed by atoms with Gasteiger partial charge in [-0.25, -0.2) is 4.57 Å². The van der Waals surface area contributed by atoms with Gasteiger partial charge in [0, 0.05) is 27.7 Å². The molecule has 2 aromatic carbocycles. The van der Waals surface area contributed by atoms with E-state index in [1.165, 1.54) is 5.56 Å². The van der Waals surface area contributed by atoms with E-state index in [-0.39, 0.29) is 24.0 Å². The summed E-state index contributed by atoms with van der Waals surface area (Å²) < 4.78 is 9.23. The molecule has 0 aliphatic carbocycles. The van der Waals surface area contributed by atoms with Crippen LogP contribution >= 0.6 is 15.9 Å². The van der Waals surface area contributed by atoms with Gasteiger partial charge in [0.2, 0.25) is 0 Å². The zero-order valence-corrected chi connectivity index (χ0v) is 16.8. The van der Waals surface area contributed by atoms with Crippen LogP contribution in [0.3, 0.4) is 0 Å². The predicted molar refractivity (Wildman–Crippen MR) is 95.2 cm³/mol. The summed E-state index contributed by atoms with van der Waals surface area (Å²) in [6, 6.07) is 18.5. The second kappa shape index (κ2) is 7.07. The quantitative estimate of drug-likeness (QED) is 0.293. The van der Waals surface area contributed by atoms with E-state index in [1.807, 2.05) is 41.9 Å². The van der Waals surface area contributed by atoms with Crippen molar-refractivity contribution in [2.45, 2.75) is 0 Å². The number of aromatic nitrogens is 1. The number of aryl methyl sites for hydroxylation is 1. The van der Waals surface area contributed by atoms with Crippen LogP contribution in [0.15, 0.2) is 71.5 Å². The van der Waals surface area contributed by atoms with E-state index in [4.69, 9.17) is 4.74 Å². The maximum Gasteiger partial charge on any atom is 0.169 e. The molecule has 120 valence electrons. The number of fused-ring (bicyclic) bond motifs is 2. The van der Waals surface area contributed by atoms with Gasteiger partial charge in [-0.1, -0.05) is 34.1 Å². The van der Waals surface area contributed by atoms with Crippen LogP contribution in [0.1, 0.15) is 16.7 Å². The van der Waals surface area contributed by atoms with E-state index in [9.17, 15) is 0 Å². The molecule has 0 atom stereocenters. The average Bonchev–Trinajstić information content (AvgIpc) is 2.72. The van der Waals surface area contributed by atoms with Gasteiger partial charge < -0.3 is 28.7 Å². The molecule has 0 saturated carbocycles. The molecule has 24 heavy (non-hydrogen) atoms. The van der Waals surface area contributed by atoms with Crippen LogP contribution in [-0.2, 0) is 7.05 Å². The fourth-order valence-corrected chi connectivity index (χ4v) is 3.13. The molecule has 0 fully saturated rings. The van der Waals surface area contributed by atoms with Crippen molar-refractivity contribution in [1.29, 1.82) is 0 Å². The van der Waals surface area contributed by atoms with E-state index >= 15 is 0 Å². The summed E-state index contributed by atoms with van der Waals surface area (Å²) in [4.78, 5) is 0. The summed E-state index contributed by atoms with van der Waals surface area (Å²) in [6.07, 6.45) is 6.32. The van der Waals surface area contributed by atoms with Crippen molar-refractivity contribution >= 4 is 27.6 Å². The van der Waals surface area contributed by atoms with E-state index in [1.54, 1.807) is 0 Å². The molecular formula is C20H15BrINO. The van der Waals surface area contributed by atoms with E-state index in [0.717, 1.165) is 32.7 Å². The van der Waals surface area contributed by atoms with Crippen LogP contribution in [-0.4, -0.2) is 0 Å². The second-order valence-electron chi connectivity index (χ2n) is 5.59. The third-order valence-corrected chi connectivity index (χ3v) is 4.45. The molecular weight excluding hydrogens is 477 g/mol. The summed E-state index contributed by atoms with van der Waals surface area (Å²) in [5.41, 5.74) is 4.50. The third kappa shape index (κ3) is 3.26. The van der Waals surface area contributed by atoms with Gasteiger partial charge in [0.05, 0.1) is 0 Å². The van der Waals surface area contributed by atoms with Crippen molar-refractivity contribution in [3.05, 3.63) is 88.2 Å². The predicted octanol–water partition coefficient (Wildman–Crippen LogP) is 1.97. The van der Waals surface area contributed by atoms with Gasteiger partial charge in [0.1, 0.15) is 18.5 Å². The lowest BCUT2D eigenvalue weighted by atomic mass is 9.96. The first-order valence-corrected chi connectivity index (χ1v) is 8.24. The molecule has 2 nitrogen and oxygen atoms in total. The lowest BCUT2D eigenvalue weighted by Crippen LogP contribution is -3.00. The van der Waals surface area contributed by atoms with Gasteiger partial charge >= 0.3 is 0 Å². The standard InChI is InChI=1S/C20H15BrNO.HI/c1-22-10-8-14(9-11-22)17-12-15-4-2-3-5-19(15)23-20-7-6-16(21)13-18(17)20;/h2-13H,1H3;1H/q+1;/p-1. The van der Waals surface area contributed by atoms with Crippen LogP contribution < -0.4 is 33.3 Å². The molecule has 1 aliphatic rings. The number of ether oxygens (including phenoxy) is 1. The summed E-state index contributed by atoms with van der Waals surface area (Å²) >= 11 is 3.58. The van der Waals surface area contributed by atoms with Gasteiger partial charge in [0.15, 0.2) is 12.4 Å². The highest BCUT2D eigenvalue weighted by molar-refractivity contribution is 9.10. The highest BCUT2D eigenvalue weighted by atomic mass is 127. The molecule has 0 radical (unpaired) electrons. The SMILES string of the molecule is C[n+]1ccc(C2=Cc3ccccc3Oc3ccc(Br)cc32)cc1.[I-]. The summed E-state index contributed by atoms with van der Waals surface area (Å²) in [6.45, 7) is 0. The number of para-hydroxylation sites is 1. The maximum atomic E-state index is 6.15. The second-order valence-corrected chi connectivity index (χ2v) is 6.51. The Balaban J connectivity index is 0.00000169. The van der Waals surface area contributed by atoms with Crippen molar-refractivity contribution in [1.82, 2.24) is 0 Å². The molecule has 0 bridgehead atoms. The number of hydrogen-bond donors (Lipinski definition) is 0. The zero-order valence-electron chi connectivity index (χ0n) is 13.0. The molecule has 0 unspecified atom stereocenters. The first-order valence-electron chi connectivity index (χ1n) is 7.45. The Bertz CT molecular complexity index is 919. The Kier molecular flexibility index (Phi) is 5.06. The minimum Gasteiger partial charge on any atom is -1.00 e. The molecule has 1 aromatic heterocycles. The summed E-state index contributed by atoms with van der Waals surface area (Å²) in [7, 11) is 2.02. The number of nitrogens with zero attached hydrogens (tertiary/aromatic N) is 1. The van der Waals surface area contributed by atoms with Gasteiger partial charge in [-0.3, -0.25) is 0 Å². The van der Waals surface area contributed by atoms with E-state index < -0.39 is 0 Å². The maximum absolute atomic E-state index is 6.15. The van der Waals surface area contributed by atoms with Crippen molar-refractivity contribution in [2.24, 2.45) is 7.05 Å². The highest BCUT2D eigenvalue weighted by Crippen LogP contribution is 2.41. The molecule has 4 rings (SSSR count). The Hall–Kier alpha value is -1.66. The van der Waals surface area contributed by atoms with Crippen molar-refractivity contribution < 1.29 is 33.3 Å². The van der Waals surface area contributed by atoms with Gasteiger partial charge in [-0.2, -0.15) is 0 Å².